The third kappa shape index (κ3) is 3.55. The smallest absolute Gasteiger partial charge is 0.142 e. The van der Waals surface area contributed by atoms with E-state index in [1.165, 1.54) is 19.3 Å². The third-order valence-corrected chi connectivity index (χ3v) is 3.76. The summed E-state index contributed by atoms with van der Waals surface area (Å²) in [5.41, 5.74) is 1.06. The quantitative estimate of drug-likeness (QED) is 0.838. The molecule has 1 N–H and O–H groups in total. The Morgan fingerprint density at radius 3 is 2.58 bits per heavy atom. The second kappa shape index (κ2) is 6.69. The van der Waals surface area contributed by atoms with Gasteiger partial charge in [0.05, 0.1) is 18.9 Å². The molecule has 2 rings (SSSR count). The predicted molar refractivity (Wildman–Crippen MR) is 79.2 cm³/mol. The van der Waals surface area contributed by atoms with Crippen LogP contribution in [0.15, 0.2) is 18.2 Å². The number of hydrogen-bond donors (Lipinski definition) is 1. The molecule has 0 heterocycles. The number of benzene rings is 1. The Hall–Kier alpha value is -1.38. The van der Waals surface area contributed by atoms with Crippen LogP contribution >= 0.6 is 0 Å². The van der Waals surface area contributed by atoms with Gasteiger partial charge in [-0.15, -0.1) is 0 Å². The van der Waals surface area contributed by atoms with Crippen molar-refractivity contribution in [2.24, 2.45) is 5.92 Å². The van der Waals surface area contributed by atoms with Gasteiger partial charge in [-0.1, -0.05) is 13.3 Å². The summed E-state index contributed by atoms with van der Waals surface area (Å²) < 4.78 is 11.3. The maximum atomic E-state index is 5.70. The third-order valence-electron chi connectivity index (χ3n) is 3.76. The lowest BCUT2D eigenvalue weighted by Crippen LogP contribution is -2.22. The molecule has 1 aromatic carbocycles. The normalized spacial score (nSPS) is 22.3. The summed E-state index contributed by atoms with van der Waals surface area (Å²) in [6, 6.07) is 6.57. The molecule has 3 nitrogen and oxygen atoms in total. The topological polar surface area (TPSA) is 30.5 Å². The zero-order valence-electron chi connectivity index (χ0n) is 12.2. The molecule has 0 aromatic heterocycles. The monoisotopic (exact) mass is 263 g/mol. The van der Waals surface area contributed by atoms with Crippen LogP contribution in [0.4, 0.5) is 5.69 Å². The number of hydrogen-bond acceptors (Lipinski definition) is 3. The first-order chi connectivity index (χ1) is 9.24. The molecule has 0 spiro atoms. The Balaban J connectivity index is 2.16. The number of rotatable bonds is 6. The van der Waals surface area contributed by atoms with Crippen LogP contribution in [0.3, 0.4) is 0 Å². The van der Waals surface area contributed by atoms with Crippen molar-refractivity contribution in [3.63, 3.8) is 0 Å². The van der Waals surface area contributed by atoms with Crippen molar-refractivity contribution in [2.75, 3.05) is 18.5 Å². The lowest BCUT2D eigenvalue weighted by molar-refractivity contribution is 0.331. The Labute approximate surface area is 116 Å². The molecule has 0 saturated heterocycles. The van der Waals surface area contributed by atoms with Crippen LogP contribution < -0.4 is 14.8 Å². The van der Waals surface area contributed by atoms with E-state index in [-0.39, 0.29) is 0 Å². The summed E-state index contributed by atoms with van der Waals surface area (Å²) >= 11 is 0. The first kappa shape index (κ1) is 14.0. The molecule has 1 saturated carbocycles. The molecule has 1 aliphatic carbocycles. The highest BCUT2D eigenvalue weighted by atomic mass is 16.5. The average Bonchev–Trinajstić information content (AvgIpc) is 2.79. The van der Waals surface area contributed by atoms with E-state index in [0.717, 1.165) is 23.1 Å². The van der Waals surface area contributed by atoms with Crippen LogP contribution in [0.2, 0.25) is 0 Å². The largest absolute Gasteiger partial charge is 0.494 e. The van der Waals surface area contributed by atoms with Crippen LogP contribution in [-0.2, 0) is 0 Å². The molecule has 0 aliphatic heterocycles. The molecular weight excluding hydrogens is 238 g/mol. The van der Waals surface area contributed by atoms with E-state index < -0.39 is 0 Å². The standard InChI is InChI=1S/C16H25NO2/c1-4-18-13-9-10-16(19-5-2)15(11-13)17-14-8-6-7-12(14)3/h9-12,14,17H,4-8H2,1-3H3. The minimum absolute atomic E-state index is 0.552. The van der Waals surface area contributed by atoms with Crippen molar-refractivity contribution in [1.82, 2.24) is 0 Å². The van der Waals surface area contributed by atoms with Gasteiger partial charge < -0.3 is 14.8 Å². The SMILES string of the molecule is CCOc1ccc(OCC)c(NC2CCCC2C)c1. The van der Waals surface area contributed by atoms with Crippen LogP contribution in [0.25, 0.3) is 0 Å². The van der Waals surface area contributed by atoms with Gasteiger partial charge in [-0.2, -0.15) is 0 Å². The molecule has 2 unspecified atom stereocenters. The number of anilines is 1. The lowest BCUT2D eigenvalue weighted by atomic mass is 10.1. The van der Waals surface area contributed by atoms with E-state index in [9.17, 15) is 0 Å². The van der Waals surface area contributed by atoms with Gasteiger partial charge in [0, 0.05) is 12.1 Å². The van der Waals surface area contributed by atoms with E-state index >= 15 is 0 Å². The first-order valence-corrected chi connectivity index (χ1v) is 7.40. The summed E-state index contributed by atoms with van der Waals surface area (Å²) in [6.07, 6.45) is 3.87. The zero-order chi connectivity index (χ0) is 13.7. The van der Waals surface area contributed by atoms with Crippen molar-refractivity contribution >= 4 is 5.69 Å². The Kier molecular flexibility index (Phi) is 4.94. The number of nitrogens with one attached hydrogen (secondary N) is 1. The molecule has 106 valence electrons. The maximum absolute atomic E-state index is 5.70. The summed E-state index contributed by atoms with van der Waals surface area (Å²) in [5, 5.41) is 3.64. The van der Waals surface area contributed by atoms with E-state index in [1.54, 1.807) is 0 Å². The summed E-state index contributed by atoms with van der Waals surface area (Å²) in [4.78, 5) is 0. The Bertz CT molecular complexity index is 406. The molecule has 0 bridgehead atoms. The highest BCUT2D eigenvalue weighted by molar-refractivity contribution is 5.60. The van der Waals surface area contributed by atoms with Crippen molar-refractivity contribution in [3.8, 4) is 11.5 Å². The molecule has 19 heavy (non-hydrogen) atoms. The van der Waals surface area contributed by atoms with Gasteiger partial charge >= 0.3 is 0 Å². The van der Waals surface area contributed by atoms with Crippen LogP contribution in [0.5, 0.6) is 11.5 Å². The summed E-state index contributed by atoms with van der Waals surface area (Å²) in [5.74, 6) is 2.55. The van der Waals surface area contributed by atoms with Gasteiger partial charge in [0.25, 0.3) is 0 Å². The maximum Gasteiger partial charge on any atom is 0.142 e. The van der Waals surface area contributed by atoms with E-state index in [1.807, 2.05) is 26.0 Å². The zero-order valence-corrected chi connectivity index (χ0v) is 12.2. The molecule has 0 radical (unpaired) electrons. The van der Waals surface area contributed by atoms with Gasteiger partial charge in [-0.25, -0.2) is 0 Å². The highest BCUT2D eigenvalue weighted by Crippen LogP contribution is 2.34. The van der Waals surface area contributed by atoms with Gasteiger partial charge in [0.15, 0.2) is 0 Å². The van der Waals surface area contributed by atoms with Crippen molar-refractivity contribution in [1.29, 1.82) is 0 Å². The van der Waals surface area contributed by atoms with Gasteiger partial charge in [0.2, 0.25) is 0 Å². The fraction of sp³-hybridized carbons (Fsp3) is 0.625. The van der Waals surface area contributed by atoms with Crippen molar-refractivity contribution < 1.29 is 9.47 Å². The highest BCUT2D eigenvalue weighted by Gasteiger charge is 2.24. The van der Waals surface area contributed by atoms with Crippen LogP contribution in [0.1, 0.15) is 40.0 Å². The second-order valence-corrected chi connectivity index (χ2v) is 5.18. The predicted octanol–water partition coefficient (Wildman–Crippen LogP) is 4.08. The van der Waals surface area contributed by atoms with Gasteiger partial charge in [-0.05, 0) is 44.7 Å². The molecular formula is C16H25NO2. The molecule has 1 aromatic rings. The number of ether oxygens (including phenoxy) is 2. The molecule has 2 atom stereocenters. The minimum Gasteiger partial charge on any atom is -0.494 e. The van der Waals surface area contributed by atoms with Crippen LogP contribution in [-0.4, -0.2) is 19.3 Å². The Morgan fingerprint density at radius 1 is 1.16 bits per heavy atom. The summed E-state index contributed by atoms with van der Waals surface area (Å²) in [6.45, 7) is 7.70. The summed E-state index contributed by atoms with van der Waals surface area (Å²) in [7, 11) is 0. The molecule has 3 heteroatoms. The van der Waals surface area contributed by atoms with Gasteiger partial charge in [0.1, 0.15) is 11.5 Å². The molecule has 1 aliphatic rings. The fourth-order valence-corrected chi connectivity index (χ4v) is 2.72. The average molecular weight is 263 g/mol. The van der Waals surface area contributed by atoms with E-state index in [0.29, 0.717) is 19.3 Å². The van der Waals surface area contributed by atoms with Gasteiger partial charge in [-0.3, -0.25) is 0 Å². The van der Waals surface area contributed by atoms with Crippen molar-refractivity contribution in [3.05, 3.63) is 18.2 Å². The van der Waals surface area contributed by atoms with E-state index in [4.69, 9.17) is 9.47 Å². The van der Waals surface area contributed by atoms with Crippen LogP contribution in [0, 0.1) is 5.92 Å². The minimum atomic E-state index is 0.552. The van der Waals surface area contributed by atoms with Crippen molar-refractivity contribution in [2.45, 2.75) is 46.1 Å². The van der Waals surface area contributed by atoms with E-state index in [2.05, 4.69) is 18.3 Å². The first-order valence-electron chi connectivity index (χ1n) is 7.40. The second-order valence-electron chi connectivity index (χ2n) is 5.18. The lowest BCUT2D eigenvalue weighted by Gasteiger charge is -2.21. The fourth-order valence-electron chi connectivity index (χ4n) is 2.72. The molecule has 1 fully saturated rings. The molecule has 0 amide bonds. The Morgan fingerprint density at radius 2 is 1.95 bits per heavy atom.